The monoisotopic (exact) mass is 368 g/mol. The minimum atomic E-state index is -0.921. The minimum Gasteiger partial charge on any atom is -0.465 e. The maximum atomic E-state index is 13.1. The van der Waals surface area contributed by atoms with Crippen molar-refractivity contribution in [2.24, 2.45) is 0 Å². The normalized spacial score (nSPS) is 15.7. The van der Waals surface area contributed by atoms with Gasteiger partial charge in [-0.1, -0.05) is 12.1 Å². The van der Waals surface area contributed by atoms with Crippen LogP contribution in [0.3, 0.4) is 0 Å². The van der Waals surface area contributed by atoms with Crippen molar-refractivity contribution in [2.45, 2.75) is 0 Å². The van der Waals surface area contributed by atoms with Gasteiger partial charge in [0.05, 0.1) is 18.4 Å². The number of ether oxygens (including phenoxy) is 1. The third-order valence-corrected chi connectivity index (χ3v) is 3.83. The molecule has 0 aliphatic carbocycles. The number of hydrogen-bond donors (Lipinski definition) is 1. The summed E-state index contributed by atoms with van der Waals surface area (Å²) >= 11 is 0. The van der Waals surface area contributed by atoms with E-state index in [0.29, 0.717) is 11.1 Å². The van der Waals surface area contributed by atoms with Gasteiger partial charge in [-0.3, -0.25) is 14.9 Å². The van der Waals surface area contributed by atoms with E-state index < -0.39 is 29.6 Å². The topological polar surface area (TPSA) is 92.8 Å². The molecular weight excluding hydrogens is 355 g/mol. The Morgan fingerprint density at radius 3 is 2.26 bits per heavy atom. The largest absolute Gasteiger partial charge is 0.465 e. The summed E-state index contributed by atoms with van der Waals surface area (Å²) in [6.45, 7) is 0. The number of barbiturate groups is 1. The van der Waals surface area contributed by atoms with Crippen molar-refractivity contribution in [3.63, 3.8) is 0 Å². The van der Waals surface area contributed by atoms with Crippen LogP contribution in [0.5, 0.6) is 0 Å². The number of nitrogens with zero attached hydrogens (tertiary/aromatic N) is 1. The molecule has 0 saturated carbocycles. The van der Waals surface area contributed by atoms with Crippen molar-refractivity contribution in [3.8, 4) is 0 Å². The van der Waals surface area contributed by atoms with Crippen molar-refractivity contribution >= 4 is 35.6 Å². The van der Waals surface area contributed by atoms with Crippen LogP contribution in [0.4, 0.5) is 14.9 Å². The number of carbonyl (C=O) groups is 4. The molecule has 136 valence electrons. The molecule has 0 spiro atoms. The Balaban J connectivity index is 1.94. The maximum Gasteiger partial charge on any atom is 0.337 e. The molecule has 4 amide bonds. The number of nitrogens with one attached hydrogen (secondary N) is 1. The van der Waals surface area contributed by atoms with Gasteiger partial charge >= 0.3 is 12.0 Å². The van der Waals surface area contributed by atoms with Crippen LogP contribution in [0.1, 0.15) is 15.9 Å². The van der Waals surface area contributed by atoms with E-state index in [2.05, 4.69) is 10.1 Å². The molecular formula is C19H13FN2O5. The van der Waals surface area contributed by atoms with Gasteiger partial charge < -0.3 is 4.74 Å². The number of urea groups is 1. The summed E-state index contributed by atoms with van der Waals surface area (Å²) in [7, 11) is 1.25. The average Bonchev–Trinajstić information content (AvgIpc) is 2.66. The number of carbonyl (C=O) groups excluding carboxylic acids is 4. The highest BCUT2D eigenvalue weighted by Gasteiger charge is 2.36. The molecule has 1 saturated heterocycles. The third kappa shape index (κ3) is 3.59. The molecule has 0 bridgehead atoms. The van der Waals surface area contributed by atoms with E-state index >= 15 is 0 Å². The molecule has 0 radical (unpaired) electrons. The van der Waals surface area contributed by atoms with Gasteiger partial charge in [-0.05, 0) is 48.0 Å². The number of methoxy groups -OCH3 is 1. The van der Waals surface area contributed by atoms with E-state index in [-0.39, 0.29) is 11.3 Å². The summed E-state index contributed by atoms with van der Waals surface area (Å²) in [6, 6.07) is 9.80. The molecule has 1 aliphatic rings. The summed E-state index contributed by atoms with van der Waals surface area (Å²) in [4.78, 5) is 49.0. The predicted molar refractivity (Wildman–Crippen MR) is 93.2 cm³/mol. The Morgan fingerprint density at radius 2 is 1.67 bits per heavy atom. The standard InChI is InChI=1S/C19H13FN2O5/c1-27-18(25)12-4-2-11(3-5-12)10-15-16(23)21-19(26)22(17(15)24)14-8-6-13(20)7-9-14/h2-10H,1H3,(H,21,23,26)/b15-10+. The van der Waals surface area contributed by atoms with E-state index in [1.165, 1.54) is 49.6 Å². The van der Waals surface area contributed by atoms with Crippen molar-refractivity contribution in [1.29, 1.82) is 0 Å². The first-order valence-electron chi connectivity index (χ1n) is 7.76. The molecule has 1 heterocycles. The number of halogens is 1. The number of anilines is 1. The molecule has 8 heteroatoms. The number of hydrogen-bond acceptors (Lipinski definition) is 5. The summed E-state index contributed by atoms with van der Waals surface area (Å²) < 4.78 is 17.7. The fourth-order valence-corrected chi connectivity index (χ4v) is 2.48. The van der Waals surface area contributed by atoms with E-state index in [4.69, 9.17) is 0 Å². The van der Waals surface area contributed by atoms with Gasteiger partial charge in [0.1, 0.15) is 11.4 Å². The molecule has 0 unspecified atom stereocenters. The van der Waals surface area contributed by atoms with Crippen LogP contribution in [0.25, 0.3) is 6.08 Å². The summed E-state index contributed by atoms with van der Waals surface area (Å²) in [6.07, 6.45) is 1.29. The fourth-order valence-electron chi connectivity index (χ4n) is 2.48. The van der Waals surface area contributed by atoms with Crippen LogP contribution < -0.4 is 10.2 Å². The Labute approximate surface area is 153 Å². The van der Waals surface area contributed by atoms with Crippen LogP contribution >= 0.6 is 0 Å². The second kappa shape index (κ2) is 7.20. The first-order chi connectivity index (χ1) is 12.9. The first-order valence-corrected chi connectivity index (χ1v) is 7.76. The molecule has 2 aromatic rings. The van der Waals surface area contributed by atoms with E-state index in [9.17, 15) is 23.6 Å². The maximum absolute atomic E-state index is 13.1. The zero-order chi connectivity index (χ0) is 19.6. The number of esters is 1. The number of imide groups is 2. The van der Waals surface area contributed by atoms with Crippen LogP contribution in [0.2, 0.25) is 0 Å². The first kappa shape index (κ1) is 18.0. The van der Waals surface area contributed by atoms with Crippen LogP contribution in [0, 0.1) is 5.82 Å². The molecule has 2 aromatic carbocycles. The summed E-state index contributed by atoms with van der Waals surface area (Å²) in [5.74, 6) is -2.73. The highest BCUT2D eigenvalue weighted by molar-refractivity contribution is 6.39. The quantitative estimate of drug-likeness (QED) is 0.510. The van der Waals surface area contributed by atoms with Gasteiger partial charge in [0.25, 0.3) is 11.8 Å². The van der Waals surface area contributed by atoms with Crippen molar-refractivity contribution < 1.29 is 28.3 Å². The highest BCUT2D eigenvalue weighted by atomic mass is 19.1. The third-order valence-electron chi connectivity index (χ3n) is 3.83. The summed E-state index contributed by atoms with van der Waals surface area (Å²) in [5.41, 5.74) is 0.625. The Hall–Kier alpha value is -3.81. The smallest absolute Gasteiger partial charge is 0.337 e. The SMILES string of the molecule is COC(=O)c1ccc(/C=C2\C(=O)NC(=O)N(c3ccc(F)cc3)C2=O)cc1. The van der Waals surface area contributed by atoms with E-state index in [1.54, 1.807) is 0 Å². The molecule has 27 heavy (non-hydrogen) atoms. The molecule has 7 nitrogen and oxygen atoms in total. The van der Waals surface area contributed by atoms with Crippen LogP contribution in [0.15, 0.2) is 54.1 Å². The molecule has 1 fully saturated rings. The van der Waals surface area contributed by atoms with Gasteiger partial charge in [-0.15, -0.1) is 0 Å². The van der Waals surface area contributed by atoms with Crippen LogP contribution in [-0.4, -0.2) is 30.9 Å². The number of benzene rings is 2. The second-order valence-corrected chi connectivity index (χ2v) is 5.55. The van der Waals surface area contributed by atoms with Crippen molar-refractivity contribution in [3.05, 3.63) is 71.0 Å². The lowest BCUT2D eigenvalue weighted by molar-refractivity contribution is -0.122. The summed E-state index contributed by atoms with van der Waals surface area (Å²) in [5, 5.41) is 2.07. The Morgan fingerprint density at radius 1 is 1.04 bits per heavy atom. The van der Waals surface area contributed by atoms with E-state index in [0.717, 1.165) is 17.0 Å². The molecule has 1 N–H and O–H groups in total. The predicted octanol–water partition coefficient (Wildman–Crippen LogP) is 2.28. The van der Waals surface area contributed by atoms with E-state index in [1.807, 2.05) is 0 Å². The number of rotatable bonds is 3. The van der Waals surface area contributed by atoms with Gasteiger partial charge in [0.2, 0.25) is 0 Å². The Kier molecular flexibility index (Phi) is 4.80. The Bertz CT molecular complexity index is 965. The second-order valence-electron chi connectivity index (χ2n) is 5.55. The highest BCUT2D eigenvalue weighted by Crippen LogP contribution is 2.22. The molecule has 3 rings (SSSR count). The van der Waals surface area contributed by atoms with Gasteiger partial charge in [-0.25, -0.2) is 18.9 Å². The van der Waals surface area contributed by atoms with Gasteiger partial charge in [-0.2, -0.15) is 0 Å². The fraction of sp³-hybridized carbons (Fsp3) is 0.0526. The zero-order valence-electron chi connectivity index (χ0n) is 14.1. The van der Waals surface area contributed by atoms with Crippen LogP contribution in [-0.2, 0) is 14.3 Å². The average molecular weight is 368 g/mol. The molecule has 1 aliphatic heterocycles. The lowest BCUT2D eigenvalue weighted by Gasteiger charge is -2.26. The lowest BCUT2D eigenvalue weighted by Crippen LogP contribution is -2.54. The van der Waals surface area contributed by atoms with Gasteiger partial charge in [0.15, 0.2) is 0 Å². The lowest BCUT2D eigenvalue weighted by atomic mass is 10.1. The number of amides is 4. The zero-order valence-corrected chi connectivity index (χ0v) is 14.1. The molecule has 0 aromatic heterocycles. The minimum absolute atomic E-state index is 0.123. The molecule has 0 atom stereocenters. The van der Waals surface area contributed by atoms with Gasteiger partial charge in [0, 0.05) is 0 Å². The van der Waals surface area contributed by atoms with Crippen molar-refractivity contribution in [2.75, 3.05) is 12.0 Å². The van der Waals surface area contributed by atoms with Crippen molar-refractivity contribution in [1.82, 2.24) is 5.32 Å².